The standard InChI is InChI=1S/C15H22F3NO/c1-14(2,3)8-9-19-10-13(20)11-4-6-12(7-5-11)15(16,17)18/h4-7,13,19-20H,8-10H2,1-3H3. The Labute approximate surface area is 118 Å². The minimum atomic E-state index is -4.34. The number of hydrogen-bond acceptors (Lipinski definition) is 2. The molecule has 5 heteroatoms. The summed E-state index contributed by atoms with van der Waals surface area (Å²) in [7, 11) is 0. The SMILES string of the molecule is CC(C)(C)CCNCC(O)c1ccc(C(F)(F)F)cc1. The van der Waals surface area contributed by atoms with Crippen LogP contribution in [0, 0.1) is 5.41 Å². The van der Waals surface area contributed by atoms with Gasteiger partial charge in [-0.1, -0.05) is 32.9 Å². The summed E-state index contributed by atoms with van der Waals surface area (Å²) in [5, 5.41) is 13.0. The highest BCUT2D eigenvalue weighted by atomic mass is 19.4. The minimum Gasteiger partial charge on any atom is -0.387 e. The Morgan fingerprint density at radius 2 is 1.65 bits per heavy atom. The topological polar surface area (TPSA) is 32.3 Å². The molecule has 0 bridgehead atoms. The van der Waals surface area contributed by atoms with Gasteiger partial charge in [0.15, 0.2) is 0 Å². The van der Waals surface area contributed by atoms with Crippen molar-refractivity contribution in [1.29, 1.82) is 0 Å². The van der Waals surface area contributed by atoms with Gasteiger partial charge in [0, 0.05) is 6.54 Å². The van der Waals surface area contributed by atoms with Crippen LogP contribution in [0.5, 0.6) is 0 Å². The van der Waals surface area contributed by atoms with E-state index in [1.54, 1.807) is 0 Å². The van der Waals surface area contributed by atoms with Crippen molar-refractivity contribution in [3.05, 3.63) is 35.4 Å². The quantitative estimate of drug-likeness (QED) is 0.809. The lowest BCUT2D eigenvalue weighted by Crippen LogP contribution is -2.25. The van der Waals surface area contributed by atoms with Crippen molar-refractivity contribution in [2.45, 2.75) is 39.5 Å². The number of halogens is 3. The summed E-state index contributed by atoms with van der Waals surface area (Å²) in [6.45, 7) is 7.48. The maximum absolute atomic E-state index is 12.4. The van der Waals surface area contributed by atoms with Gasteiger partial charge in [-0.25, -0.2) is 0 Å². The smallest absolute Gasteiger partial charge is 0.387 e. The predicted octanol–water partition coefficient (Wildman–Crippen LogP) is 3.76. The molecule has 0 radical (unpaired) electrons. The molecule has 2 nitrogen and oxygen atoms in total. The fourth-order valence-corrected chi connectivity index (χ4v) is 1.71. The molecule has 1 atom stereocenters. The van der Waals surface area contributed by atoms with Gasteiger partial charge >= 0.3 is 6.18 Å². The van der Waals surface area contributed by atoms with Crippen LogP contribution in [0.25, 0.3) is 0 Å². The summed E-state index contributed by atoms with van der Waals surface area (Å²) in [5.74, 6) is 0. The van der Waals surface area contributed by atoms with Gasteiger partial charge in [0.1, 0.15) is 0 Å². The Morgan fingerprint density at radius 1 is 1.10 bits per heavy atom. The Hall–Kier alpha value is -1.07. The van der Waals surface area contributed by atoms with E-state index in [-0.39, 0.29) is 5.41 Å². The number of hydrogen-bond donors (Lipinski definition) is 2. The first-order chi connectivity index (χ1) is 9.09. The monoisotopic (exact) mass is 289 g/mol. The molecule has 2 N–H and O–H groups in total. The van der Waals surface area contributed by atoms with E-state index in [0.717, 1.165) is 25.1 Å². The highest BCUT2D eigenvalue weighted by Gasteiger charge is 2.30. The lowest BCUT2D eigenvalue weighted by atomic mass is 9.92. The Morgan fingerprint density at radius 3 is 2.10 bits per heavy atom. The van der Waals surface area contributed by atoms with Crippen LogP contribution >= 0.6 is 0 Å². The van der Waals surface area contributed by atoms with Crippen molar-refractivity contribution in [3.63, 3.8) is 0 Å². The van der Waals surface area contributed by atoms with E-state index in [4.69, 9.17) is 0 Å². The first kappa shape index (κ1) is 17.0. The van der Waals surface area contributed by atoms with Gasteiger partial charge in [0.25, 0.3) is 0 Å². The molecule has 0 aliphatic heterocycles. The second-order valence-corrected chi connectivity index (χ2v) is 6.15. The van der Waals surface area contributed by atoms with Crippen molar-refractivity contribution in [3.8, 4) is 0 Å². The number of aliphatic hydroxyl groups is 1. The first-order valence-electron chi connectivity index (χ1n) is 6.65. The first-order valence-corrected chi connectivity index (χ1v) is 6.65. The largest absolute Gasteiger partial charge is 0.416 e. The molecule has 0 heterocycles. The van der Waals surface area contributed by atoms with E-state index >= 15 is 0 Å². The summed E-state index contributed by atoms with van der Waals surface area (Å²) in [6.07, 6.45) is -4.17. The van der Waals surface area contributed by atoms with Crippen LogP contribution in [0.3, 0.4) is 0 Å². The van der Waals surface area contributed by atoms with Gasteiger partial charge < -0.3 is 10.4 Å². The maximum atomic E-state index is 12.4. The zero-order valence-corrected chi connectivity index (χ0v) is 12.1. The fourth-order valence-electron chi connectivity index (χ4n) is 1.71. The molecule has 0 saturated heterocycles. The molecular formula is C15H22F3NO. The lowest BCUT2D eigenvalue weighted by molar-refractivity contribution is -0.137. The third-order valence-electron chi connectivity index (χ3n) is 3.01. The van der Waals surface area contributed by atoms with Gasteiger partial charge in [-0.15, -0.1) is 0 Å². The van der Waals surface area contributed by atoms with Crippen molar-refractivity contribution < 1.29 is 18.3 Å². The number of nitrogens with one attached hydrogen (secondary N) is 1. The van der Waals surface area contributed by atoms with Gasteiger partial charge in [0.05, 0.1) is 11.7 Å². The number of alkyl halides is 3. The van der Waals surface area contributed by atoms with Crippen LogP contribution in [0.2, 0.25) is 0 Å². The Balaban J connectivity index is 2.46. The third-order valence-corrected chi connectivity index (χ3v) is 3.01. The van der Waals surface area contributed by atoms with Crippen LogP contribution in [-0.2, 0) is 6.18 Å². The van der Waals surface area contributed by atoms with E-state index in [9.17, 15) is 18.3 Å². The molecule has 0 saturated carbocycles. The molecule has 20 heavy (non-hydrogen) atoms. The molecule has 0 amide bonds. The van der Waals surface area contributed by atoms with E-state index in [0.29, 0.717) is 12.1 Å². The minimum absolute atomic E-state index is 0.215. The van der Waals surface area contributed by atoms with Crippen LogP contribution in [0.1, 0.15) is 44.4 Å². The van der Waals surface area contributed by atoms with Crippen molar-refractivity contribution in [2.75, 3.05) is 13.1 Å². The molecule has 0 spiro atoms. The molecular weight excluding hydrogens is 267 g/mol. The molecule has 1 aromatic carbocycles. The van der Waals surface area contributed by atoms with Gasteiger partial charge in [-0.2, -0.15) is 13.2 Å². The van der Waals surface area contributed by atoms with E-state index in [2.05, 4.69) is 26.1 Å². The molecule has 1 unspecified atom stereocenters. The van der Waals surface area contributed by atoms with Crippen LogP contribution in [0.4, 0.5) is 13.2 Å². The molecule has 0 fully saturated rings. The maximum Gasteiger partial charge on any atom is 0.416 e. The Bertz CT molecular complexity index is 407. The average Bonchev–Trinajstić information content (AvgIpc) is 2.32. The molecule has 0 aliphatic rings. The van der Waals surface area contributed by atoms with E-state index in [1.165, 1.54) is 12.1 Å². The summed E-state index contributed by atoms with van der Waals surface area (Å²) < 4.78 is 37.2. The van der Waals surface area contributed by atoms with E-state index < -0.39 is 17.8 Å². The number of rotatable bonds is 5. The highest BCUT2D eigenvalue weighted by molar-refractivity contribution is 5.26. The molecule has 1 aromatic rings. The summed E-state index contributed by atoms with van der Waals surface area (Å²) in [4.78, 5) is 0. The predicted molar refractivity (Wildman–Crippen MR) is 73.3 cm³/mol. The summed E-state index contributed by atoms with van der Waals surface area (Å²) in [6, 6.07) is 4.62. The fraction of sp³-hybridized carbons (Fsp3) is 0.600. The zero-order valence-electron chi connectivity index (χ0n) is 12.1. The van der Waals surface area contributed by atoms with E-state index in [1.807, 2.05) is 0 Å². The molecule has 114 valence electrons. The summed E-state index contributed by atoms with van der Waals surface area (Å²) >= 11 is 0. The van der Waals surface area contributed by atoms with Crippen LogP contribution < -0.4 is 5.32 Å². The molecule has 1 rings (SSSR count). The molecule has 0 aromatic heterocycles. The number of aliphatic hydroxyl groups excluding tert-OH is 1. The lowest BCUT2D eigenvalue weighted by Gasteiger charge is -2.19. The second-order valence-electron chi connectivity index (χ2n) is 6.15. The zero-order chi connectivity index (χ0) is 15.4. The summed E-state index contributed by atoms with van der Waals surface area (Å²) in [5.41, 5.74) is 0.00200. The van der Waals surface area contributed by atoms with Gasteiger partial charge in [0.2, 0.25) is 0 Å². The van der Waals surface area contributed by atoms with Crippen LogP contribution in [0.15, 0.2) is 24.3 Å². The Kier molecular flexibility index (Phi) is 5.59. The van der Waals surface area contributed by atoms with Crippen molar-refractivity contribution in [2.24, 2.45) is 5.41 Å². The van der Waals surface area contributed by atoms with Gasteiger partial charge in [-0.05, 0) is 36.1 Å². The van der Waals surface area contributed by atoms with Gasteiger partial charge in [-0.3, -0.25) is 0 Å². The number of benzene rings is 1. The highest BCUT2D eigenvalue weighted by Crippen LogP contribution is 2.29. The van der Waals surface area contributed by atoms with Crippen LogP contribution in [-0.4, -0.2) is 18.2 Å². The van der Waals surface area contributed by atoms with Crippen molar-refractivity contribution in [1.82, 2.24) is 5.32 Å². The normalized spacial score (nSPS) is 14.3. The second kappa shape index (κ2) is 6.59. The third kappa shape index (κ3) is 5.92. The average molecular weight is 289 g/mol. The van der Waals surface area contributed by atoms with Crippen molar-refractivity contribution >= 4 is 0 Å². The molecule has 0 aliphatic carbocycles.